The zero-order valence-corrected chi connectivity index (χ0v) is 12.2. The lowest BCUT2D eigenvalue weighted by molar-refractivity contribution is 0.0879. The molecule has 3 aromatic rings. The number of carbonyl (C=O) groups is 1. The molecule has 0 aliphatic heterocycles. The van der Waals surface area contributed by atoms with Crippen molar-refractivity contribution < 1.29 is 4.79 Å². The maximum Gasteiger partial charge on any atom is 0.253 e. The standard InChI is InChI=1S/C17H18N4O/c22-17(14-10-16-4-1-2-6-20(16)12-14)19-15-8-13(9-15)11-21-7-3-5-18-21/h1-7,10,12-13,15H,8-9,11H2,(H,19,22). The summed E-state index contributed by atoms with van der Waals surface area (Å²) in [5.74, 6) is 0.629. The monoisotopic (exact) mass is 294 g/mol. The van der Waals surface area contributed by atoms with Crippen LogP contribution in [0.25, 0.3) is 5.52 Å². The first-order chi connectivity index (χ1) is 10.8. The second kappa shape index (κ2) is 5.33. The molecule has 5 nitrogen and oxygen atoms in total. The molecule has 3 heterocycles. The van der Waals surface area contributed by atoms with E-state index in [1.807, 2.05) is 58.0 Å². The van der Waals surface area contributed by atoms with Gasteiger partial charge >= 0.3 is 0 Å². The first-order valence-corrected chi connectivity index (χ1v) is 7.63. The molecule has 22 heavy (non-hydrogen) atoms. The van der Waals surface area contributed by atoms with Crippen molar-refractivity contribution in [2.24, 2.45) is 5.92 Å². The summed E-state index contributed by atoms with van der Waals surface area (Å²) in [7, 11) is 0. The van der Waals surface area contributed by atoms with Crippen molar-refractivity contribution in [1.82, 2.24) is 19.5 Å². The quantitative estimate of drug-likeness (QED) is 0.803. The van der Waals surface area contributed by atoms with E-state index in [2.05, 4.69) is 10.4 Å². The van der Waals surface area contributed by atoms with Gasteiger partial charge in [0, 0.05) is 42.9 Å². The Morgan fingerprint density at radius 1 is 1.27 bits per heavy atom. The van der Waals surface area contributed by atoms with Crippen molar-refractivity contribution in [1.29, 1.82) is 0 Å². The van der Waals surface area contributed by atoms with E-state index < -0.39 is 0 Å². The van der Waals surface area contributed by atoms with Crippen LogP contribution < -0.4 is 5.32 Å². The van der Waals surface area contributed by atoms with E-state index >= 15 is 0 Å². The lowest BCUT2D eigenvalue weighted by atomic mass is 9.80. The summed E-state index contributed by atoms with van der Waals surface area (Å²) in [6.07, 6.45) is 9.67. The number of aromatic nitrogens is 3. The van der Waals surface area contributed by atoms with Crippen LogP contribution in [0, 0.1) is 5.92 Å². The summed E-state index contributed by atoms with van der Waals surface area (Å²) >= 11 is 0. The topological polar surface area (TPSA) is 51.3 Å². The van der Waals surface area contributed by atoms with Crippen LogP contribution in [0.15, 0.2) is 55.1 Å². The third kappa shape index (κ3) is 2.50. The number of amides is 1. The van der Waals surface area contributed by atoms with Crippen LogP contribution in [0.2, 0.25) is 0 Å². The molecule has 1 amide bonds. The second-order valence-electron chi connectivity index (χ2n) is 6.00. The lowest BCUT2D eigenvalue weighted by Gasteiger charge is -2.35. The molecule has 1 aliphatic carbocycles. The third-order valence-corrected chi connectivity index (χ3v) is 4.34. The molecule has 4 rings (SSSR count). The summed E-state index contributed by atoms with van der Waals surface area (Å²) in [5, 5.41) is 7.34. The van der Waals surface area contributed by atoms with Crippen molar-refractivity contribution in [3.05, 3.63) is 60.7 Å². The smallest absolute Gasteiger partial charge is 0.253 e. The summed E-state index contributed by atoms with van der Waals surface area (Å²) in [6, 6.07) is 10.1. The highest BCUT2D eigenvalue weighted by Crippen LogP contribution is 2.29. The molecular weight excluding hydrogens is 276 g/mol. The fourth-order valence-electron chi connectivity index (χ4n) is 3.12. The van der Waals surface area contributed by atoms with Gasteiger partial charge in [-0.05, 0) is 43.0 Å². The van der Waals surface area contributed by atoms with E-state index in [0.29, 0.717) is 5.92 Å². The molecule has 1 aliphatic rings. The van der Waals surface area contributed by atoms with E-state index in [-0.39, 0.29) is 11.9 Å². The predicted octanol–water partition coefficient (Wildman–Crippen LogP) is 2.34. The Balaban J connectivity index is 1.33. The van der Waals surface area contributed by atoms with Gasteiger partial charge in [0.15, 0.2) is 0 Å². The largest absolute Gasteiger partial charge is 0.349 e. The summed E-state index contributed by atoms with van der Waals surface area (Å²) < 4.78 is 3.93. The number of hydrogen-bond acceptors (Lipinski definition) is 2. The van der Waals surface area contributed by atoms with Gasteiger partial charge in [-0.25, -0.2) is 0 Å². The fraction of sp³-hybridized carbons (Fsp3) is 0.294. The number of nitrogens with zero attached hydrogens (tertiary/aromatic N) is 3. The van der Waals surface area contributed by atoms with Crippen molar-refractivity contribution in [3.63, 3.8) is 0 Å². The Morgan fingerprint density at radius 3 is 2.95 bits per heavy atom. The maximum absolute atomic E-state index is 12.3. The first kappa shape index (κ1) is 13.1. The molecule has 0 atom stereocenters. The van der Waals surface area contributed by atoms with E-state index in [1.54, 1.807) is 6.20 Å². The zero-order chi connectivity index (χ0) is 14.9. The zero-order valence-electron chi connectivity index (χ0n) is 12.2. The van der Waals surface area contributed by atoms with Gasteiger partial charge in [0.25, 0.3) is 5.91 Å². The molecule has 0 aromatic carbocycles. The Kier molecular flexibility index (Phi) is 3.18. The molecule has 0 saturated heterocycles. The van der Waals surface area contributed by atoms with Gasteiger partial charge in [0.05, 0.1) is 5.56 Å². The predicted molar refractivity (Wildman–Crippen MR) is 83.6 cm³/mol. The highest BCUT2D eigenvalue weighted by Gasteiger charge is 2.30. The highest BCUT2D eigenvalue weighted by molar-refractivity contribution is 5.95. The van der Waals surface area contributed by atoms with Crippen LogP contribution in [-0.4, -0.2) is 26.1 Å². The van der Waals surface area contributed by atoms with Crippen LogP contribution in [0.5, 0.6) is 0 Å². The van der Waals surface area contributed by atoms with Gasteiger partial charge in [0.2, 0.25) is 0 Å². The van der Waals surface area contributed by atoms with Crippen LogP contribution >= 0.6 is 0 Å². The van der Waals surface area contributed by atoms with Gasteiger partial charge < -0.3 is 9.72 Å². The number of pyridine rings is 1. The Hall–Kier alpha value is -2.56. The number of hydrogen-bond donors (Lipinski definition) is 1. The third-order valence-electron chi connectivity index (χ3n) is 4.34. The average molecular weight is 294 g/mol. The SMILES string of the molecule is O=C(NC1CC(Cn2cccn2)C1)c1cc2ccccn2c1. The minimum atomic E-state index is 0.0197. The highest BCUT2D eigenvalue weighted by atomic mass is 16.1. The number of carbonyl (C=O) groups excluding carboxylic acids is 1. The van der Waals surface area contributed by atoms with Gasteiger partial charge in [-0.3, -0.25) is 9.48 Å². The molecule has 0 spiro atoms. The van der Waals surface area contributed by atoms with Gasteiger partial charge in [-0.1, -0.05) is 6.07 Å². The molecule has 0 radical (unpaired) electrons. The van der Waals surface area contributed by atoms with E-state index in [9.17, 15) is 4.79 Å². The summed E-state index contributed by atoms with van der Waals surface area (Å²) in [4.78, 5) is 12.3. The molecule has 1 fully saturated rings. The van der Waals surface area contributed by atoms with Crippen molar-refractivity contribution >= 4 is 11.4 Å². The van der Waals surface area contributed by atoms with Gasteiger partial charge in [-0.15, -0.1) is 0 Å². The second-order valence-corrected chi connectivity index (χ2v) is 6.00. The maximum atomic E-state index is 12.3. The molecule has 0 bridgehead atoms. The molecule has 0 unspecified atom stereocenters. The Labute approximate surface area is 128 Å². The molecule has 3 aromatic heterocycles. The Morgan fingerprint density at radius 2 is 2.18 bits per heavy atom. The minimum absolute atomic E-state index is 0.0197. The average Bonchev–Trinajstić information content (AvgIpc) is 3.13. The lowest BCUT2D eigenvalue weighted by Crippen LogP contribution is -2.45. The van der Waals surface area contributed by atoms with Crippen LogP contribution in [0.4, 0.5) is 0 Å². The molecule has 5 heteroatoms. The van der Waals surface area contributed by atoms with Crippen LogP contribution in [-0.2, 0) is 6.54 Å². The van der Waals surface area contributed by atoms with E-state index in [1.165, 1.54) is 0 Å². The molecule has 1 N–H and O–H groups in total. The molecule has 1 saturated carbocycles. The van der Waals surface area contributed by atoms with Crippen molar-refractivity contribution in [2.45, 2.75) is 25.4 Å². The first-order valence-electron chi connectivity index (χ1n) is 7.63. The van der Waals surface area contributed by atoms with E-state index in [0.717, 1.165) is 30.5 Å². The van der Waals surface area contributed by atoms with E-state index in [4.69, 9.17) is 0 Å². The van der Waals surface area contributed by atoms with Crippen molar-refractivity contribution in [2.75, 3.05) is 0 Å². The van der Waals surface area contributed by atoms with Crippen LogP contribution in [0.1, 0.15) is 23.2 Å². The van der Waals surface area contributed by atoms with Crippen molar-refractivity contribution in [3.8, 4) is 0 Å². The van der Waals surface area contributed by atoms with Crippen LogP contribution in [0.3, 0.4) is 0 Å². The summed E-state index contributed by atoms with van der Waals surface area (Å²) in [6.45, 7) is 0.940. The molecular formula is C17H18N4O. The minimum Gasteiger partial charge on any atom is -0.349 e. The molecule has 112 valence electrons. The Bertz CT molecular complexity index is 751. The van der Waals surface area contributed by atoms with Gasteiger partial charge in [-0.2, -0.15) is 5.10 Å². The number of rotatable bonds is 4. The number of nitrogens with one attached hydrogen (secondary N) is 1. The fourth-order valence-corrected chi connectivity index (χ4v) is 3.12. The summed E-state index contributed by atoms with van der Waals surface area (Å²) in [5.41, 5.74) is 1.76. The normalized spacial score (nSPS) is 20.7. The van der Waals surface area contributed by atoms with Gasteiger partial charge in [0.1, 0.15) is 0 Å². The number of fused-ring (bicyclic) bond motifs is 1.